The Hall–Kier alpha value is -2.60. The fourth-order valence-electron chi connectivity index (χ4n) is 3.54. The highest BCUT2D eigenvalue weighted by Gasteiger charge is 2.31. The van der Waals surface area contributed by atoms with Gasteiger partial charge in [0.2, 0.25) is 0 Å². The van der Waals surface area contributed by atoms with Crippen LogP contribution >= 0.6 is 0 Å². The molecule has 2 N–H and O–H groups in total. The van der Waals surface area contributed by atoms with Gasteiger partial charge in [0.15, 0.2) is 0 Å². The molecule has 1 aromatic carbocycles. The Labute approximate surface area is 179 Å². The third-order valence-electron chi connectivity index (χ3n) is 5.78. The summed E-state index contributed by atoms with van der Waals surface area (Å²) >= 11 is 0. The molecular formula is C24H34N4O2. The lowest BCUT2D eigenvalue weighted by atomic mass is 9.88. The van der Waals surface area contributed by atoms with Gasteiger partial charge in [0.25, 0.3) is 5.91 Å². The van der Waals surface area contributed by atoms with Gasteiger partial charge in [-0.25, -0.2) is 0 Å². The van der Waals surface area contributed by atoms with Crippen LogP contribution in [0.3, 0.4) is 0 Å². The number of carbonyl (C=O) groups is 1. The predicted octanol–water partition coefficient (Wildman–Crippen LogP) is 5.23. The summed E-state index contributed by atoms with van der Waals surface area (Å²) < 4.78 is 5.34. The molecule has 162 valence electrons. The first-order chi connectivity index (χ1) is 13.9. The molecule has 0 bridgehead atoms. The van der Waals surface area contributed by atoms with E-state index in [0.717, 1.165) is 46.5 Å². The summed E-state index contributed by atoms with van der Waals surface area (Å²) in [4.78, 5) is 17.9. The van der Waals surface area contributed by atoms with Gasteiger partial charge in [-0.15, -0.1) is 0 Å². The van der Waals surface area contributed by atoms with Crippen LogP contribution in [0.4, 0.5) is 5.69 Å². The van der Waals surface area contributed by atoms with Gasteiger partial charge in [0, 0.05) is 42.0 Å². The molecule has 0 atom stereocenters. The Morgan fingerprint density at radius 1 is 1.17 bits per heavy atom. The number of hydrogen-bond donors (Lipinski definition) is 2. The smallest absolute Gasteiger partial charge is 0.258 e. The van der Waals surface area contributed by atoms with Crippen molar-refractivity contribution in [2.24, 2.45) is 5.41 Å². The second-order valence-corrected chi connectivity index (χ2v) is 9.77. The molecule has 0 aliphatic heterocycles. The van der Waals surface area contributed by atoms with Crippen molar-refractivity contribution in [1.82, 2.24) is 15.2 Å². The number of H-pyrrole nitrogens is 2. The topological polar surface area (TPSA) is 74.0 Å². The predicted molar refractivity (Wildman–Crippen MR) is 123 cm³/mol. The van der Waals surface area contributed by atoms with Gasteiger partial charge in [0.1, 0.15) is 11.3 Å². The molecule has 0 aliphatic carbocycles. The van der Waals surface area contributed by atoms with Crippen molar-refractivity contribution in [2.45, 2.75) is 60.0 Å². The molecule has 2 heterocycles. The van der Waals surface area contributed by atoms with Crippen LogP contribution in [0.2, 0.25) is 0 Å². The molecule has 3 aromatic rings. The van der Waals surface area contributed by atoms with Crippen molar-refractivity contribution in [3.63, 3.8) is 0 Å². The molecule has 0 unspecified atom stereocenters. The third-order valence-corrected chi connectivity index (χ3v) is 5.78. The number of carbonyl (C=O) groups excluding carboxylic acids is 1. The SMILES string of the molecule is COC(C)(C)C(=O)N(C)c1ccc2cc(-c3n[nH]c(C)c3CCC(C)(C)C)[nH]c2c1. The first-order valence-corrected chi connectivity index (χ1v) is 10.4. The number of amides is 1. The summed E-state index contributed by atoms with van der Waals surface area (Å²) in [6.45, 7) is 12.4. The lowest BCUT2D eigenvalue weighted by Crippen LogP contribution is -2.44. The van der Waals surface area contributed by atoms with E-state index < -0.39 is 5.60 Å². The number of nitrogens with one attached hydrogen (secondary N) is 2. The summed E-state index contributed by atoms with van der Waals surface area (Å²) in [7, 11) is 3.32. The standard InChI is InChI=1S/C24H34N4O2/c1-15-18(11-12-23(2,3)4)21(27-26-15)20-13-16-9-10-17(14-19(16)25-20)28(7)22(29)24(5,6)30-8/h9-10,13-14,25H,11-12H2,1-8H3,(H,26,27). The third kappa shape index (κ3) is 4.43. The molecule has 3 rings (SSSR count). The van der Waals surface area contributed by atoms with E-state index in [1.165, 1.54) is 5.56 Å². The van der Waals surface area contributed by atoms with E-state index in [-0.39, 0.29) is 11.3 Å². The number of aromatic amines is 2. The Balaban J connectivity index is 1.93. The molecule has 0 radical (unpaired) electrons. The maximum absolute atomic E-state index is 12.7. The number of aryl methyl sites for hydroxylation is 1. The molecule has 30 heavy (non-hydrogen) atoms. The maximum atomic E-state index is 12.7. The van der Waals surface area contributed by atoms with Crippen molar-refractivity contribution in [3.8, 4) is 11.4 Å². The first-order valence-electron chi connectivity index (χ1n) is 10.4. The maximum Gasteiger partial charge on any atom is 0.258 e. The van der Waals surface area contributed by atoms with Gasteiger partial charge in [-0.3, -0.25) is 9.89 Å². The molecule has 0 spiro atoms. The summed E-state index contributed by atoms with van der Waals surface area (Å²) in [6.07, 6.45) is 2.07. The van der Waals surface area contributed by atoms with Gasteiger partial charge in [-0.05, 0) is 57.2 Å². The number of ether oxygens (including phenoxy) is 1. The van der Waals surface area contributed by atoms with Crippen LogP contribution in [-0.4, -0.2) is 40.8 Å². The minimum atomic E-state index is -0.876. The molecule has 6 heteroatoms. The average molecular weight is 411 g/mol. The van der Waals surface area contributed by atoms with Crippen LogP contribution < -0.4 is 4.90 Å². The highest BCUT2D eigenvalue weighted by Crippen LogP contribution is 2.32. The zero-order valence-electron chi connectivity index (χ0n) is 19.4. The normalized spacial score (nSPS) is 12.5. The van der Waals surface area contributed by atoms with E-state index >= 15 is 0 Å². The van der Waals surface area contributed by atoms with Gasteiger partial charge >= 0.3 is 0 Å². The molecule has 0 saturated carbocycles. The van der Waals surface area contributed by atoms with E-state index in [4.69, 9.17) is 4.74 Å². The summed E-state index contributed by atoms with van der Waals surface area (Å²) in [5.41, 5.74) is 5.51. The molecular weight excluding hydrogens is 376 g/mol. The number of hydrogen-bond acceptors (Lipinski definition) is 3. The fraction of sp³-hybridized carbons (Fsp3) is 0.500. The number of fused-ring (bicyclic) bond motifs is 1. The number of anilines is 1. The minimum absolute atomic E-state index is 0.0940. The molecule has 2 aromatic heterocycles. The summed E-state index contributed by atoms with van der Waals surface area (Å²) in [5, 5.41) is 8.81. The van der Waals surface area contributed by atoms with Gasteiger partial charge < -0.3 is 14.6 Å². The zero-order chi connectivity index (χ0) is 22.3. The van der Waals surface area contributed by atoms with Crippen molar-refractivity contribution in [2.75, 3.05) is 19.1 Å². The van der Waals surface area contributed by atoms with Crippen LogP contribution in [0.15, 0.2) is 24.3 Å². The average Bonchev–Trinajstić information content (AvgIpc) is 3.26. The van der Waals surface area contributed by atoms with E-state index in [1.54, 1.807) is 32.9 Å². The van der Waals surface area contributed by atoms with Gasteiger partial charge in [0.05, 0.1) is 5.69 Å². The number of nitrogens with zero attached hydrogens (tertiary/aromatic N) is 2. The number of aromatic nitrogens is 3. The van der Waals surface area contributed by atoms with Crippen molar-refractivity contribution < 1.29 is 9.53 Å². The van der Waals surface area contributed by atoms with E-state index in [9.17, 15) is 4.79 Å². The zero-order valence-corrected chi connectivity index (χ0v) is 19.4. The molecule has 0 saturated heterocycles. The van der Waals surface area contributed by atoms with E-state index in [0.29, 0.717) is 0 Å². The number of rotatable bonds is 6. The monoisotopic (exact) mass is 410 g/mol. The first kappa shape index (κ1) is 22.1. The number of benzene rings is 1. The number of methoxy groups -OCH3 is 1. The summed E-state index contributed by atoms with van der Waals surface area (Å²) in [6, 6.07) is 8.11. The fourth-order valence-corrected chi connectivity index (χ4v) is 3.54. The molecule has 1 amide bonds. The second-order valence-electron chi connectivity index (χ2n) is 9.77. The van der Waals surface area contributed by atoms with E-state index in [2.05, 4.69) is 48.9 Å². The lowest BCUT2D eigenvalue weighted by Gasteiger charge is -2.28. The molecule has 0 aliphatic rings. The highest BCUT2D eigenvalue weighted by molar-refractivity contribution is 6.00. The second kappa shape index (κ2) is 7.91. The quantitative estimate of drug-likeness (QED) is 0.584. The lowest BCUT2D eigenvalue weighted by molar-refractivity contribution is -0.136. The number of likely N-dealkylation sites (N-methyl/N-ethyl adjacent to an activating group) is 1. The van der Waals surface area contributed by atoms with Crippen LogP contribution in [0.25, 0.3) is 22.3 Å². The van der Waals surface area contributed by atoms with Crippen LogP contribution in [-0.2, 0) is 16.0 Å². The van der Waals surface area contributed by atoms with Crippen LogP contribution in [0.5, 0.6) is 0 Å². The summed E-state index contributed by atoms with van der Waals surface area (Å²) in [5.74, 6) is -0.0940. The molecule has 6 nitrogen and oxygen atoms in total. The Bertz CT molecular complexity index is 1050. The van der Waals surface area contributed by atoms with Crippen LogP contribution in [0, 0.1) is 12.3 Å². The minimum Gasteiger partial charge on any atom is -0.369 e. The molecule has 0 fully saturated rings. The Morgan fingerprint density at radius 2 is 1.87 bits per heavy atom. The van der Waals surface area contributed by atoms with Crippen molar-refractivity contribution in [1.29, 1.82) is 0 Å². The highest BCUT2D eigenvalue weighted by atomic mass is 16.5. The largest absolute Gasteiger partial charge is 0.369 e. The Kier molecular flexibility index (Phi) is 5.83. The van der Waals surface area contributed by atoms with Gasteiger partial charge in [-0.1, -0.05) is 26.8 Å². The Morgan fingerprint density at radius 3 is 2.50 bits per heavy atom. The van der Waals surface area contributed by atoms with Crippen LogP contribution in [0.1, 0.15) is 52.3 Å². The van der Waals surface area contributed by atoms with Crippen molar-refractivity contribution in [3.05, 3.63) is 35.5 Å². The van der Waals surface area contributed by atoms with Gasteiger partial charge in [-0.2, -0.15) is 5.10 Å². The van der Waals surface area contributed by atoms with Crippen molar-refractivity contribution >= 4 is 22.5 Å². The van der Waals surface area contributed by atoms with E-state index in [1.807, 2.05) is 18.2 Å².